The van der Waals surface area contributed by atoms with Crippen molar-refractivity contribution in [2.45, 2.75) is 24.7 Å². The lowest BCUT2D eigenvalue weighted by molar-refractivity contribution is -0.285. The molecule has 158 valence electrons. The summed E-state index contributed by atoms with van der Waals surface area (Å²) in [6, 6.07) is 11.0. The number of nitrogens with one attached hydrogen (secondary N) is 1. The zero-order valence-corrected chi connectivity index (χ0v) is 17.9. The summed E-state index contributed by atoms with van der Waals surface area (Å²) >= 11 is 8.19. The molecule has 1 aliphatic heterocycles. The molecule has 2 heterocycles. The van der Waals surface area contributed by atoms with Crippen molar-refractivity contribution in [3.8, 4) is 6.07 Å². The summed E-state index contributed by atoms with van der Waals surface area (Å²) in [7, 11) is 0. The van der Waals surface area contributed by atoms with Crippen LogP contribution < -0.4 is 5.32 Å². The van der Waals surface area contributed by atoms with Crippen LogP contribution in [0.2, 0.25) is 5.02 Å². The van der Waals surface area contributed by atoms with Crippen molar-refractivity contribution >= 4 is 40.5 Å². The van der Waals surface area contributed by atoms with Gasteiger partial charge in [-0.25, -0.2) is 0 Å². The molecular formula is C20H16ClF3N2O2S2. The number of rotatable bonds is 5. The van der Waals surface area contributed by atoms with Gasteiger partial charge in [-0.05, 0) is 28.8 Å². The van der Waals surface area contributed by atoms with E-state index < -0.39 is 29.5 Å². The second-order valence-electron chi connectivity index (χ2n) is 6.50. The van der Waals surface area contributed by atoms with Crippen LogP contribution in [0.15, 0.2) is 52.4 Å². The molecule has 1 aliphatic rings. The number of thiophene rings is 1. The maximum atomic E-state index is 14.2. The van der Waals surface area contributed by atoms with Crippen LogP contribution in [0, 0.1) is 17.2 Å². The molecule has 2 N–H and O–H groups in total. The molecule has 0 fully saturated rings. The number of hydrogen-bond donors (Lipinski definition) is 2. The minimum absolute atomic E-state index is 0.0467. The van der Waals surface area contributed by atoms with Gasteiger partial charge in [-0.1, -0.05) is 42.8 Å². The molecule has 0 saturated carbocycles. The fraction of sp³-hybridized carbons (Fsp3) is 0.300. The Morgan fingerprint density at radius 1 is 1.37 bits per heavy atom. The Hall–Kier alpha value is -1.99. The van der Waals surface area contributed by atoms with Gasteiger partial charge in [0.15, 0.2) is 5.78 Å². The Labute approximate surface area is 184 Å². The molecule has 30 heavy (non-hydrogen) atoms. The van der Waals surface area contributed by atoms with Crippen molar-refractivity contribution in [1.82, 2.24) is 5.32 Å². The van der Waals surface area contributed by atoms with Crippen LogP contribution in [0.4, 0.5) is 13.2 Å². The van der Waals surface area contributed by atoms with Crippen LogP contribution in [-0.2, 0) is 0 Å². The van der Waals surface area contributed by atoms with E-state index in [1.54, 1.807) is 24.4 Å². The standard InChI is InChI=1S/C20H16ClF3N2O2S2/c1-2-29-18-12(10-25)15(11-6-3-4-7-13(11)21)16(17(27)14-8-5-9-30-14)19(28,26-18)20(22,23)24/h3-9,15-16,26,28H,2H2,1H3/t15-,16-,19-/m0/s1. The van der Waals surface area contributed by atoms with E-state index in [1.807, 2.05) is 6.07 Å². The molecule has 0 radical (unpaired) electrons. The third kappa shape index (κ3) is 3.85. The zero-order chi connectivity index (χ0) is 22.1. The number of ketones is 1. The number of nitriles is 1. The number of halogens is 4. The van der Waals surface area contributed by atoms with Gasteiger partial charge >= 0.3 is 6.18 Å². The van der Waals surface area contributed by atoms with Gasteiger partial charge in [0.2, 0.25) is 5.72 Å². The van der Waals surface area contributed by atoms with Gasteiger partial charge in [-0.15, -0.1) is 23.1 Å². The minimum Gasteiger partial charge on any atom is -0.363 e. The van der Waals surface area contributed by atoms with Gasteiger partial charge in [0, 0.05) is 10.9 Å². The van der Waals surface area contributed by atoms with Crippen LogP contribution in [0.1, 0.15) is 28.1 Å². The molecule has 0 spiro atoms. The molecule has 2 aromatic rings. The van der Waals surface area contributed by atoms with E-state index in [1.165, 1.54) is 24.3 Å². The summed E-state index contributed by atoms with van der Waals surface area (Å²) in [5.41, 5.74) is -3.49. The summed E-state index contributed by atoms with van der Waals surface area (Å²) in [5, 5.41) is 24.4. The number of Topliss-reactive ketones (excluding diaryl/α,β-unsaturated/α-hetero) is 1. The lowest BCUT2D eigenvalue weighted by Crippen LogP contribution is -2.66. The fourth-order valence-electron chi connectivity index (χ4n) is 3.47. The highest BCUT2D eigenvalue weighted by Gasteiger charge is 2.66. The number of allylic oxidation sites excluding steroid dienone is 1. The number of thioether (sulfide) groups is 1. The van der Waals surface area contributed by atoms with Crippen LogP contribution >= 0.6 is 34.7 Å². The topological polar surface area (TPSA) is 73.1 Å². The zero-order valence-electron chi connectivity index (χ0n) is 15.5. The van der Waals surface area contributed by atoms with Gasteiger partial charge < -0.3 is 10.4 Å². The van der Waals surface area contributed by atoms with E-state index in [0.29, 0.717) is 5.75 Å². The molecule has 0 bridgehead atoms. The number of benzene rings is 1. The molecule has 0 amide bonds. The average Bonchev–Trinajstić information content (AvgIpc) is 3.22. The third-order valence-electron chi connectivity index (χ3n) is 4.77. The predicted octanol–water partition coefficient (Wildman–Crippen LogP) is 5.33. The number of carbonyl (C=O) groups is 1. The van der Waals surface area contributed by atoms with Crippen molar-refractivity contribution in [3.63, 3.8) is 0 Å². The highest BCUT2D eigenvalue weighted by molar-refractivity contribution is 8.03. The van der Waals surface area contributed by atoms with Gasteiger partial charge in [-0.3, -0.25) is 4.79 Å². The normalized spacial score (nSPS) is 24.3. The molecule has 10 heteroatoms. The lowest BCUT2D eigenvalue weighted by Gasteiger charge is -2.45. The summed E-state index contributed by atoms with van der Waals surface area (Å²) < 4.78 is 42.6. The summed E-state index contributed by atoms with van der Waals surface area (Å²) in [5.74, 6) is -4.01. The van der Waals surface area contributed by atoms with E-state index in [9.17, 15) is 28.3 Å². The largest absolute Gasteiger partial charge is 0.437 e. The number of hydrogen-bond acceptors (Lipinski definition) is 6. The molecule has 0 unspecified atom stereocenters. The highest BCUT2D eigenvalue weighted by atomic mass is 35.5. The molecule has 4 nitrogen and oxygen atoms in total. The van der Waals surface area contributed by atoms with Gasteiger partial charge in [-0.2, -0.15) is 18.4 Å². The summed E-state index contributed by atoms with van der Waals surface area (Å²) in [6.45, 7) is 1.70. The van der Waals surface area contributed by atoms with Crippen molar-refractivity contribution in [1.29, 1.82) is 5.26 Å². The Kier molecular flexibility index (Phi) is 6.53. The highest BCUT2D eigenvalue weighted by Crippen LogP contribution is 2.52. The quantitative estimate of drug-likeness (QED) is 0.576. The van der Waals surface area contributed by atoms with Crippen LogP contribution in [0.5, 0.6) is 0 Å². The SMILES string of the molecule is CCSC1=C(C#N)[C@H](c2ccccc2Cl)[C@@H](C(=O)c2cccs2)[C@](O)(C(F)(F)F)N1. The van der Waals surface area contributed by atoms with E-state index in [0.717, 1.165) is 23.1 Å². The first-order valence-electron chi connectivity index (χ1n) is 8.82. The Balaban J connectivity index is 2.35. The van der Waals surface area contributed by atoms with E-state index in [4.69, 9.17) is 11.6 Å². The molecule has 1 aromatic heterocycles. The van der Waals surface area contributed by atoms with E-state index in [2.05, 4.69) is 5.32 Å². The van der Waals surface area contributed by atoms with Crippen molar-refractivity contribution in [2.75, 3.05) is 5.75 Å². The van der Waals surface area contributed by atoms with Crippen LogP contribution in [-0.4, -0.2) is 28.5 Å². The van der Waals surface area contributed by atoms with Crippen molar-refractivity contribution in [3.05, 3.63) is 67.8 Å². The minimum atomic E-state index is -5.20. The first kappa shape index (κ1) is 22.7. The Morgan fingerprint density at radius 2 is 2.07 bits per heavy atom. The number of nitrogens with zero attached hydrogens (tertiary/aromatic N) is 1. The molecule has 3 atom stereocenters. The van der Waals surface area contributed by atoms with E-state index in [-0.39, 0.29) is 26.1 Å². The maximum absolute atomic E-state index is 14.2. The van der Waals surface area contributed by atoms with Crippen molar-refractivity contribution < 1.29 is 23.1 Å². The van der Waals surface area contributed by atoms with Crippen LogP contribution in [0.3, 0.4) is 0 Å². The Morgan fingerprint density at radius 3 is 2.60 bits per heavy atom. The van der Waals surface area contributed by atoms with E-state index >= 15 is 0 Å². The summed E-state index contributed by atoms with van der Waals surface area (Å²) in [4.78, 5) is 13.3. The number of aliphatic hydroxyl groups is 1. The smallest absolute Gasteiger partial charge is 0.363 e. The average molecular weight is 473 g/mol. The van der Waals surface area contributed by atoms with Gasteiger partial charge in [0.25, 0.3) is 0 Å². The summed E-state index contributed by atoms with van der Waals surface area (Å²) in [6.07, 6.45) is -5.20. The van der Waals surface area contributed by atoms with Gasteiger partial charge in [0.05, 0.1) is 27.5 Å². The maximum Gasteiger partial charge on any atom is 0.437 e. The second-order valence-corrected chi connectivity index (χ2v) is 9.12. The predicted molar refractivity (Wildman–Crippen MR) is 111 cm³/mol. The third-order valence-corrected chi connectivity index (χ3v) is 6.90. The lowest BCUT2D eigenvalue weighted by atomic mass is 9.70. The van der Waals surface area contributed by atoms with Gasteiger partial charge in [0.1, 0.15) is 0 Å². The second kappa shape index (κ2) is 8.63. The Bertz CT molecular complexity index is 1020. The molecule has 0 aliphatic carbocycles. The monoisotopic (exact) mass is 472 g/mol. The van der Waals surface area contributed by atoms with Crippen molar-refractivity contribution in [2.24, 2.45) is 5.92 Å². The molecule has 0 saturated heterocycles. The number of alkyl halides is 3. The van der Waals surface area contributed by atoms with Crippen LogP contribution in [0.25, 0.3) is 0 Å². The molecule has 1 aromatic carbocycles. The number of carbonyl (C=O) groups excluding carboxylic acids is 1. The molecular weight excluding hydrogens is 457 g/mol. The fourth-order valence-corrected chi connectivity index (χ4v) is 5.27. The first-order valence-corrected chi connectivity index (χ1v) is 11.1. The first-order chi connectivity index (χ1) is 14.2. The molecule has 3 rings (SSSR count).